The molecule has 4 aromatic rings. The Morgan fingerprint density at radius 2 is 2.07 bits per heavy atom. The molecule has 0 radical (unpaired) electrons. The Morgan fingerprint density at radius 3 is 2.81 bits per heavy atom. The molecule has 0 fully saturated rings. The Labute approximate surface area is 158 Å². The molecule has 7 nitrogen and oxygen atoms in total. The summed E-state index contributed by atoms with van der Waals surface area (Å²) in [7, 11) is 0. The maximum Gasteiger partial charge on any atom is 0.273 e. The van der Waals surface area contributed by atoms with Crippen LogP contribution in [-0.2, 0) is 17.9 Å². The van der Waals surface area contributed by atoms with Crippen LogP contribution in [0.15, 0.2) is 58.2 Å². The minimum atomic E-state index is -0.294. The van der Waals surface area contributed by atoms with Crippen LogP contribution in [0.25, 0.3) is 21.5 Å². The molecule has 8 heteroatoms. The van der Waals surface area contributed by atoms with Crippen molar-refractivity contribution in [3.05, 3.63) is 70.7 Å². The van der Waals surface area contributed by atoms with Crippen molar-refractivity contribution in [3.8, 4) is 11.3 Å². The lowest BCUT2D eigenvalue weighted by Gasteiger charge is -2.06. The van der Waals surface area contributed by atoms with Crippen molar-refractivity contribution in [2.45, 2.75) is 20.0 Å². The van der Waals surface area contributed by atoms with Crippen molar-refractivity contribution in [2.75, 3.05) is 0 Å². The fourth-order valence-corrected chi connectivity index (χ4v) is 3.48. The number of hydrogen-bond acceptors (Lipinski definition) is 6. The second-order valence-electron chi connectivity index (χ2n) is 6.11. The Morgan fingerprint density at radius 1 is 1.26 bits per heavy atom. The zero-order chi connectivity index (χ0) is 18.8. The number of benzene rings is 1. The molecular formula is C19H16N4O3S. The standard InChI is InChI=1S/C19H16N4O3S/c1-12-4-6-13(7-5-12)16-17-18(27-22-16)19(25)23(11-21-17)10-15(24)20-9-14-3-2-8-26-14/h2-8,11H,9-10H2,1H3,(H,20,24). The summed E-state index contributed by atoms with van der Waals surface area (Å²) in [5, 5.41) is 2.71. The van der Waals surface area contributed by atoms with Gasteiger partial charge < -0.3 is 9.73 Å². The van der Waals surface area contributed by atoms with Crippen molar-refractivity contribution in [2.24, 2.45) is 0 Å². The van der Waals surface area contributed by atoms with E-state index in [9.17, 15) is 9.59 Å². The quantitative estimate of drug-likeness (QED) is 0.575. The number of aromatic nitrogens is 3. The fourth-order valence-electron chi connectivity index (χ4n) is 2.68. The zero-order valence-electron chi connectivity index (χ0n) is 14.5. The Balaban J connectivity index is 1.56. The highest BCUT2D eigenvalue weighted by molar-refractivity contribution is 7.13. The predicted molar refractivity (Wildman–Crippen MR) is 102 cm³/mol. The normalized spacial score (nSPS) is 11.0. The second kappa shape index (κ2) is 7.16. The van der Waals surface area contributed by atoms with Crippen LogP contribution < -0.4 is 10.9 Å². The molecule has 0 bridgehead atoms. The van der Waals surface area contributed by atoms with E-state index in [-0.39, 0.29) is 24.6 Å². The Kier molecular flexibility index (Phi) is 4.55. The van der Waals surface area contributed by atoms with Gasteiger partial charge in [-0.05, 0) is 30.6 Å². The van der Waals surface area contributed by atoms with Crippen LogP contribution in [0.5, 0.6) is 0 Å². The smallest absolute Gasteiger partial charge is 0.273 e. The predicted octanol–water partition coefficient (Wildman–Crippen LogP) is 2.74. The number of hydrogen-bond donors (Lipinski definition) is 1. The number of rotatable bonds is 5. The van der Waals surface area contributed by atoms with Crippen molar-refractivity contribution in [1.29, 1.82) is 0 Å². The second-order valence-corrected chi connectivity index (χ2v) is 6.88. The Bertz CT molecular complexity index is 1140. The van der Waals surface area contributed by atoms with Crippen molar-refractivity contribution < 1.29 is 9.21 Å². The zero-order valence-corrected chi connectivity index (χ0v) is 15.3. The minimum absolute atomic E-state index is 0.111. The molecule has 1 N–H and O–H groups in total. The van der Waals surface area contributed by atoms with Crippen molar-refractivity contribution in [1.82, 2.24) is 19.2 Å². The fraction of sp³-hybridized carbons (Fsp3) is 0.158. The molecule has 0 saturated carbocycles. The van der Waals surface area contributed by atoms with E-state index in [4.69, 9.17) is 4.42 Å². The van der Waals surface area contributed by atoms with Gasteiger partial charge in [-0.1, -0.05) is 29.8 Å². The molecule has 0 atom stereocenters. The average Bonchev–Trinajstić information content (AvgIpc) is 3.33. The van der Waals surface area contributed by atoms with E-state index in [2.05, 4.69) is 14.7 Å². The van der Waals surface area contributed by atoms with Gasteiger partial charge in [0.05, 0.1) is 19.1 Å². The number of fused-ring (bicyclic) bond motifs is 1. The maximum absolute atomic E-state index is 12.7. The molecule has 0 unspecified atom stereocenters. The molecule has 0 aliphatic rings. The highest BCUT2D eigenvalue weighted by atomic mass is 32.1. The third-order valence-electron chi connectivity index (χ3n) is 4.13. The summed E-state index contributed by atoms with van der Waals surface area (Å²) in [5.74, 6) is 0.354. The van der Waals surface area contributed by atoms with E-state index in [0.717, 1.165) is 22.7 Å². The number of nitrogens with one attached hydrogen (secondary N) is 1. The number of furan rings is 1. The van der Waals surface area contributed by atoms with Gasteiger partial charge in [-0.2, -0.15) is 4.37 Å². The van der Waals surface area contributed by atoms with Crippen molar-refractivity contribution >= 4 is 27.7 Å². The van der Waals surface area contributed by atoms with Gasteiger partial charge in [0.1, 0.15) is 28.2 Å². The molecule has 27 heavy (non-hydrogen) atoms. The molecule has 0 spiro atoms. The SMILES string of the molecule is Cc1ccc(-c2nsc3c(=O)n(CC(=O)NCc4ccco4)cnc23)cc1. The average molecular weight is 380 g/mol. The van der Waals surface area contributed by atoms with Crippen LogP contribution in [0, 0.1) is 6.92 Å². The summed E-state index contributed by atoms with van der Waals surface area (Å²) < 4.78 is 11.3. The molecule has 3 aromatic heterocycles. The molecule has 0 aliphatic carbocycles. The molecule has 0 saturated heterocycles. The van der Waals surface area contributed by atoms with E-state index < -0.39 is 0 Å². The van der Waals surface area contributed by atoms with Gasteiger partial charge in [0.15, 0.2) is 0 Å². The van der Waals surface area contributed by atoms with E-state index in [1.54, 1.807) is 18.4 Å². The van der Waals surface area contributed by atoms with E-state index >= 15 is 0 Å². The summed E-state index contributed by atoms with van der Waals surface area (Å²) in [4.78, 5) is 29.2. The van der Waals surface area contributed by atoms with E-state index in [1.165, 1.54) is 10.9 Å². The molecule has 3 heterocycles. The molecule has 4 rings (SSSR count). The number of aryl methyl sites for hydroxylation is 1. The van der Waals surface area contributed by atoms with Crippen LogP contribution >= 0.6 is 11.5 Å². The first-order valence-electron chi connectivity index (χ1n) is 8.33. The van der Waals surface area contributed by atoms with Gasteiger partial charge in [0, 0.05) is 5.56 Å². The number of carbonyl (C=O) groups is 1. The van der Waals surface area contributed by atoms with Gasteiger partial charge >= 0.3 is 0 Å². The molecule has 0 aliphatic heterocycles. The first-order valence-corrected chi connectivity index (χ1v) is 9.10. The largest absolute Gasteiger partial charge is 0.467 e. The van der Waals surface area contributed by atoms with Gasteiger partial charge in [0.2, 0.25) is 5.91 Å². The lowest BCUT2D eigenvalue weighted by molar-refractivity contribution is -0.122. The summed E-state index contributed by atoms with van der Waals surface area (Å²) in [5.41, 5.74) is 3.02. The van der Waals surface area contributed by atoms with Crippen LogP contribution in [0.1, 0.15) is 11.3 Å². The number of amides is 1. The first kappa shape index (κ1) is 17.2. The number of nitrogens with zero attached hydrogens (tertiary/aromatic N) is 3. The molecule has 1 aromatic carbocycles. The summed E-state index contributed by atoms with van der Waals surface area (Å²) in [6.45, 7) is 2.17. The first-order chi connectivity index (χ1) is 13.1. The third-order valence-corrected chi connectivity index (χ3v) is 4.95. The van der Waals surface area contributed by atoms with Crippen molar-refractivity contribution in [3.63, 3.8) is 0 Å². The van der Waals surface area contributed by atoms with Gasteiger partial charge in [-0.25, -0.2) is 4.98 Å². The van der Waals surface area contributed by atoms with Crippen LogP contribution in [0.3, 0.4) is 0 Å². The summed E-state index contributed by atoms with van der Waals surface area (Å²) in [6.07, 6.45) is 2.93. The van der Waals surface area contributed by atoms with Crippen LogP contribution in [-0.4, -0.2) is 19.8 Å². The third kappa shape index (κ3) is 3.52. The van der Waals surface area contributed by atoms with Gasteiger partial charge in [-0.15, -0.1) is 0 Å². The maximum atomic E-state index is 12.7. The number of carbonyl (C=O) groups excluding carboxylic acids is 1. The van der Waals surface area contributed by atoms with E-state index in [1.807, 2.05) is 31.2 Å². The lowest BCUT2D eigenvalue weighted by atomic mass is 10.1. The minimum Gasteiger partial charge on any atom is -0.467 e. The highest BCUT2D eigenvalue weighted by Crippen LogP contribution is 2.27. The topological polar surface area (TPSA) is 90.0 Å². The molecule has 136 valence electrons. The Hall–Kier alpha value is -3.26. The molecular weight excluding hydrogens is 364 g/mol. The van der Waals surface area contributed by atoms with Gasteiger partial charge in [0.25, 0.3) is 5.56 Å². The summed E-state index contributed by atoms with van der Waals surface area (Å²) in [6, 6.07) is 11.4. The monoisotopic (exact) mass is 380 g/mol. The van der Waals surface area contributed by atoms with E-state index in [0.29, 0.717) is 21.7 Å². The van der Waals surface area contributed by atoms with Crippen LogP contribution in [0.2, 0.25) is 0 Å². The summed E-state index contributed by atoms with van der Waals surface area (Å²) >= 11 is 1.10. The highest BCUT2D eigenvalue weighted by Gasteiger charge is 2.15. The van der Waals surface area contributed by atoms with Crippen LogP contribution in [0.4, 0.5) is 0 Å². The lowest BCUT2D eigenvalue weighted by Crippen LogP contribution is -2.31. The molecule has 1 amide bonds. The van der Waals surface area contributed by atoms with Gasteiger partial charge in [-0.3, -0.25) is 14.2 Å².